The van der Waals surface area contributed by atoms with Gasteiger partial charge in [0, 0.05) is 29.6 Å². The van der Waals surface area contributed by atoms with E-state index >= 15 is 0 Å². The van der Waals surface area contributed by atoms with Crippen molar-refractivity contribution in [3.05, 3.63) is 48.0 Å². The Bertz CT molecular complexity index is 799. The molecule has 2 aromatic carbocycles. The van der Waals surface area contributed by atoms with Crippen LogP contribution >= 0.6 is 0 Å². The number of aryl methyl sites for hydroxylation is 1. The molecule has 2 aromatic rings. The Balaban J connectivity index is 2.14. The van der Waals surface area contributed by atoms with E-state index in [2.05, 4.69) is 20.1 Å². The molecule has 2 rings (SSSR count). The van der Waals surface area contributed by atoms with Crippen molar-refractivity contribution in [1.82, 2.24) is 0 Å². The van der Waals surface area contributed by atoms with E-state index in [4.69, 9.17) is 0 Å². The third kappa shape index (κ3) is 8.62. The van der Waals surface area contributed by atoms with Gasteiger partial charge in [0.2, 0.25) is 0 Å². The summed E-state index contributed by atoms with van der Waals surface area (Å²) in [6.07, 6.45) is -9.31. The number of urea groups is 1. The highest BCUT2D eigenvalue weighted by Crippen LogP contribution is 2.29. The van der Waals surface area contributed by atoms with Gasteiger partial charge in [0.05, 0.1) is 0 Å². The lowest BCUT2D eigenvalue weighted by Crippen LogP contribution is -2.21. The molecular weight excluding hydrogens is 406 g/mol. The molecule has 5 nitrogen and oxygen atoms in total. The number of hydrogen-bond acceptors (Lipinski definition) is 3. The molecule has 0 fully saturated rings. The van der Waals surface area contributed by atoms with E-state index in [1.807, 2.05) is 6.92 Å². The summed E-state index contributed by atoms with van der Waals surface area (Å²) in [7, 11) is 0. The van der Waals surface area contributed by atoms with Crippen molar-refractivity contribution in [2.24, 2.45) is 0 Å². The van der Waals surface area contributed by atoms with Gasteiger partial charge in [-0.2, -0.15) is 26.3 Å². The van der Waals surface area contributed by atoms with Gasteiger partial charge in [-0.15, -0.1) is 0 Å². The minimum absolute atomic E-state index is 0.119. The molecule has 29 heavy (non-hydrogen) atoms. The first kappa shape index (κ1) is 22.2. The predicted molar refractivity (Wildman–Crippen MR) is 93.4 cm³/mol. The average molecular weight is 422 g/mol. The number of halogens is 6. The Labute approximate surface area is 161 Å². The number of carbonyl (C=O) groups excluding carboxylic acids is 1. The van der Waals surface area contributed by atoms with Crippen molar-refractivity contribution in [2.75, 3.05) is 23.8 Å². The van der Waals surface area contributed by atoms with Crippen LogP contribution in [0.5, 0.6) is 11.5 Å². The normalized spacial score (nSPS) is 11.7. The number of benzene rings is 2. The number of hydrogen-bond donors (Lipinski definition) is 2. The SMILES string of the molecule is Cc1ccc(NC(=O)Nc2cc(OCC(F)(F)F)cc(OCC(F)(F)F)c2)cc1. The van der Waals surface area contributed by atoms with E-state index in [-0.39, 0.29) is 5.69 Å². The minimum atomic E-state index is -4.65. The van der Waals surface area contributed by atoms with Crippen LogP contribution in [0.3, 0.4) is 0 Å². The third-order valence-electron chi connectivity index (χ3n) is 3.25. The van der Waals surface area contributed by atoms with E-state index in [0.29, 0.717) is 5.69 Å². The molecule has 0 aliphatic rings. The van der Waals surface area contributed by atoms with E-state index in [1.165, 1.54) is 0 Å². The number of rotatable bonds is 6. The lowest BCUT2D eigenvalue weighted by atomic mass is 10.2. The van der Waals surface area contributed by atoms with Crippen LogP contribution in [-0.2, 0) is 0 Å². The van der Waals surface area contributed by atoms with Crippen LogP contribution < -0.4 is 20.1 Å². The standard InChI is InChI=1S/C18H16F6N2O3/c1-11-2-4-12(5-3-11)25-16(27)26-13-6-14(28-9-17(19,20)21)8-15(7-13)29-10-18(22,23)24/h2-8H,9-10H2,1H3,(H2,25,26,27). The summed E-state index contributed by atoms with van der Waals surface area (Å²) in [6, 6.07) is 8.88. The number of anilines is 2. The van der Waals surface area contributed by atoms with E-state index < -0.39 is 43.1 Å². The first-order valence-electron chi connectivity index (χ1n) is 8.08. The highest BCUT2D eigenvalue weighted by Gasteiger charge is 2.30. The molecule has 0 heterocycles. The Morgan fingerprint density at radius 3 is 1.69 bits per heavy atom. The van der Waals surface area contributed by atoms with E-state index in [1.54, 1.807) is 24.3 Å². The zero-order valence-corrected chi connectivity index (χ0v) is 14.9. The third-order valence-corrected chi connectivity index (χ3v) is 3.25. The van der Waals surface area contributed by atoms with Crippen molar-refractivity contribution >= 4 is 17.4 Å². The minimum Gasteiger partial charge on any atom is -0.484 e. The molecule has 0 spiro atoms. The van der Waals surface area contributed by atoms with Crippen molar-refractivity contribution in [3.8, 4) is 11.5 Å². The second-order valence-electron chi connectivity index (χ2n) is 5.95. The molecule has 11 heteroatoms. The van der Waals surface area contributed by atoms with Gasteiger partial charge in [-0.05, 0) is 19.1 Å². The monoisotopic (exact) mass is 422 g/mol. The molecule has 0 aromatic heterocycles. The van der Waals surface area contributed by atoms with Gasteiger partial charge in [0.1, 0.15) is 11.5 Å². The van der Waals surface area contributed by atoms with Gasteiger partial charge in [-0.1, -0.05) is 17.7 Å². The van der Waals surface area contributed by atoms with Crippen molar-refractivity contribution in [3.63, 3.8) is 0 Å². The first-order chi connectivity index (χ1) is 13.4. The second kappa shape index (κ2) is 8.93. The average Bonchev–Trinajstić information content (AvgIpc) is 2.59. The van der Waals surface area contributed by atoms with Crippen LogP contribution in [0, 0.1) is 6.92 Å². The fourth-order valence-corrected chi connectivity index (χ4v) is 2.07. The number of nitrogens with one attached hydrogen (secondary N) is 2. The van der Waals surface area contributed by atoms with Crippen LogP contribution in [-0.4, -0.2) is 31.6 Å². The van der Waals surface area contributed by atoms with Crippen LogP contribution in [0.25, 0.3) is 0 Å². The molecule has 0 bridgehead atoms. The maximum absolute atomic E-state index is 12.3. The van der Waals surface area contributed by atoms with E-state index in [0.717, 1.165) is 23.8 Å². The number of ether oxygens (including phenoxy) is 2. The summed E-state index contributed by atoms with van der Waals surface area (Å²) < 4.78 is 83.1. The van der Waals surface area contributed by atoms with E-state index in [9.17, 15) is 31.1 Å². The van der Waals surface area contributed by atoms with Crippen LogP contribution in [0.15, 0.2) is 42.5 Å². The van der Waals surface area contributed by atoms with Gasteiger partial charge in [-0.3, -0.25) is 0 Å². The summed E-state index contributed by atoms with van der Waals surface area (Å²) in [5.74, 6) is -0.847. The smallest absolute Gasteiger partial charge is 0.422 e. The summed E-state index contributed by atoms with van der Waals surface area (Å²) in [5.41, 5.74) is 1.27. The Hall–Kier alpha value is -3.11. The lowest BCUT2D eigenvalue weighted by Gasteiger charge is -2.15. The summed E-state index contributed by atoms with van der Waals surface area (Å²) in [6.45, 7) is -1.48. The van der Waals surface area contributed by atoms with Gasteiger partial charge < -0.3 is 20.1 Å². The van der Waals surface area contributed by atoms with Crippen molar-refractivity contribution < 1.29 is 40.6 Å². The van der Waals surface area contributed by atoms with Gasteiger partial charge >= 0.3 is 18.4 Å². The van der Waals surface area contributed by atoms with Crippen LogP contribution in [0.1, 0.15) is 5.56 Å². The molecule has 0 aliphatic carbocycles. The molecule has 0 saturated carbocycles. The Kier molecular flexibility index (Phi) is 6.83. The van der Waals surface area contributed by atoms with Gasteiger partial charge in [0.25, 0.3) is 0 Å². The highest BCUT2D eigenvalue weighted by atomic mass is 19.4. The largest absolute Gasteiger partial charge is 0.484 e. The van der Waals surface area contributed by atoms with Gasteiger partial charge in [-0.25, -0.2) is 4.79 Å². The second-order valence-corrected chi connectivity index (χ2v) is 5.95. The Morgan fingerprint density at radius 1 is 0.793 bits per heavy atom. The molecule has 2 N–H and O–H groups in total. The zero-order valence-electron chi connectivity index (χ0n) is 14.9. The zero-order chi connectivity index (χ0) is 21.7. The van der Waals surface area contributed by atoms with Crippen molar-refractivity contribution in [2.45, 2.75) is 19.3 Å². The van der Waals surface area contributed by atoms with Crippen LogP contribution in [0.4, 0.5) is 42.5 Å². The molecule has 0 radical (unpaired) electrons. The number of amides is 2. The molecule has 0 atom stereocenters. The molecular formula is C18H16F6N2O3. The fourth-order valence-electron chi connectivity index (χ4n) is 2.07. The first-order valence-corrected chi connectivity index (χ1v) is 8.08. The highest BCUT2D eigenvalue weighted by molar-refractivity contribution is 6.00. The summed E-state index contributed by atoms with van der Waals surface area (Å²) >= 11 is 0. The lowest BCUT2D eigenvalue weighted by molar-refractivity contribution is -0.153. The summed E-state index contributed by atoms with van der Waals surface area (Å²) in [4.78, 5) is 12.1. The predicted octanol–water partition coefficient (Wildman–Crippen LogP) is 5.52. The van der Waals surface area contributed by atoms with Crippen LogP contribution in [0.2, 0.25) is 0 Å². The molecule has 158 valence electrons. The maximum Gasteiger partial charge on any atom is 0.422 e. The molecule has 0 saturated heterocycles. The molecule has 0 aliphatic heterocycles. The molecule has 0 unspecified atom stereocenters. The van der Waals surface area contributed by atoms with Gasteiger partial charge in [0.15, 0.2) is 13.2 Å². The number of carbonyl (C=O) groups is 1. The summed E-state index contributed by atoms with van der Waals surface area (Å²) in [5, 5.41) is 4.78. The quantitative estimate of drug-likeness (QED) is 0.603. The van der Waals surface area contributed by atoms with Crippen molar-refractivity contribution in [1.29, 1.82) is 0 Å². The number of alkyl halides is 6. The molecule has 2 amide bonds. The fraction of sp³-hybridized carbons (Fsp3) is 0.278. The maximum atomic E-state index is 12.3. The topological polar surface area (TPSA) is 59.6 Å². The Morgan fingerprint density at radius 2 is 1.24 bits per heavy atom.